The van der Waals surface area contributed by atoms with Crippen LogP contribution >= 0.6 is 11.6 Å². The first-order chi connectivity index (χ1) is 15.7. The van der Waals surface area contributed by atoms with Gasteiger partial charge in [0.2, 0.25) is 0 Å². The van der Waals surface area contributed by atoms with Crippen molar-refractivity contribution in [1.82, 2.24) is 5.32 Å². The summed E-state index contributed by atoms with van der Waals surface area (Å²) in [7, 11) is -2.21. The minimum absolute atomic E-state index is 0.112. The fourth-order valence-corrected chi connectivity index (χ4v) is 4.27. The maximum Gasteiger partial charge on any atom is 0.261 e. The summed E-state index contributed by atoms with van der Waals surface area (Å²) in [6.45, 7) is 3.95. The molecule has 0 saturated heterocycles. The van der Waals surface area contributed by atoms with Crippen LogP contribution in [-0.2, 0) is 10.0 Å². The van der Waals surface area contributed by atoms with Crippen LogP contribution in [0.3, 0.4) is 0 Å². The number of ether oxygens (including phenoxy) is 2. The van der Waals surface area contributed by atoms with E-state index in [1.54, 1.807) is 43.5 Å². The average molecular weight is 489 g/mol. The molecule has 0 unspecified atom stereocenters. The molecule has 0 spiro atoms. The normalized spacial score (nSPS) is 12.0. The van der Waals surface area contributed by atoms with E-state index in [9.17, 15) is 13.2 Å². The highest BCUT2D eigenvalue weighted by atomic mass is 35.5. The van der Waals surface area contributed by atoms with Crippen molar-refractivity contribution in [2.24, 2.45) is 0 Å². The summed E-state index contributed by atoms with van der Waals surface area (Å²) in [5, 5.41) is 2.94. The first-order valence-corrected chi connectivity index (χ1v) is 12.0. The van der Waals surface area contributed by atoms with E-state index in [0.29, 0.717) is 11.3 Å². The first kappa shape index (κ1) is 24.4. The zero-order chi connectivity index (χ0) is 24.0. The van der Waals surface area contributed by atoms with Crippen molar-refractivity contribution in [2.75, 3.05) is 18.4 Å². The van der Waals surface area contributed by atoms with Crippen LogP contribution in [0.1, 0.15) is 22.8 Å². The Labute approximate surface area is 198 Å². The number of nitrogens with one attached hydrogen (secondary N) is 2. The summed E-state index contributed by atoms with van der Waals surface area (Å²) >= 11 is 6.25. The third-order valence-corrected chi connectivity index (χ3v) is 6.44. The van der Waals surface area contributed by atoms with E-state index in [1.807, 2.05) is 13.8 Å². The van der Waals surface area contributed by atoms with Gasteiger partial charge in [-0.3, -0.25) is 9.52 Å². The second-order valence-corrected chi connectivity index (χ2v) is 9.56. The maximum atomic E-state index is 12.6. The number of rotatable bonds is 9. The number of aryl methyl sites for hydroxylation is 1. The number of hydrogen-bond donors (Lipinski definition) is 2. The predicted octanol–water partition coefficient (Wildman–Crippen LogP) is 4.66. The van der Waals surface area contributed by atoms with Gasteiger partial charge in [-0.15, -0.1) is 0 Å². The molecule has 0 radical (unpaired) electrons. The molecule has 0 aromatic heterocycles. The highest BCUT2D eigenvalue weighted by Gasteiger charge is 2.17. The van der Waals surface area contributed by atoms with Crippen LogP contribution in [0.5, 0.6) is 11.5 Å². The van der Waals surface area contributed by atoms with Gasteiger partial charge in [0.05, 0.1) is 28.8 Å². The first-order valence-electron chi connectivity index (χ1n) is 10.1. The van der Waals surface area contributed by atoms with Gasteiger partial charge in [0, 0.05) is 5.56 Å². The summed E-state index contributed by atoms with van der Waals surface area (Å²) in [6.07, 6.45) is 0. The second kappa shape index (κ2) is 10.6. The van der Waals surface area contributed by atoms with Crippen LogP contribution in [-0.4, -0.2) is 34.1 Å². The maximum absolute atomic E-state index is 12.6. The molecule has 1 atom stereocenters. The number of methoxy groups -OCH3 is 1. The van der Waals surface area contributed by atoms with Crippen LogP contribution < -0.4 is 19.5 Å². The van der Waals surface area contributed by atoms with Crippen LogP contribution in [0.4, 0.5) is 5.69 Å². The highest BCUT2D eigenvalue weighted by molar-refractivity contribution is 7.92. The van der Waals surface area contributed by atoms with Crippen molar-refractivity contribution in [1.29, 1.82) is 0 Å². The Bertz CT molecular complexity index is 1210. The molecule has 0 aliphatic heterocycles. The smallest absolute Gasteiger partial charge is 0.261 e. The lowest BCUT2D eigenvalue weighted by atomic mass is 10.2. The molecule has 3 aromatic carbocycles. The van der Waals surface area contributed by atoms with Gasteiger partial charge >= 0.3 is 0 Å². The van der Waals surface area contributed by atoms with Gasteiger partial charge in [-0.1, -0.05) is 29.3 Å². The fourth-order valence-electron chi connectivity index (χ4n) is 2.90. The molecule has 0 fully saturated rings. The number of benzene rings is 3. The lowest BCUT2D eigenvalue weighted by Gasteiger charge is -2.16. The van der Waals surface area contributed by atoms with Crippen molar-refractivity contribution in [2.45, 2.75) is 24.8 Å². The number of carbonyl (C=O) groups is 1. The summed E-state index contributed by atoms with van der Waals surface area (Å²) in [5.41, 5.74) is 1.44. The van der Waals surface area contributed by atoms with E-state index < -0.39 is 10.0 Å². The summed E-state index contributed by atoms with van der Waals surface area (Å²) in [6, 6.07) is 17.7. The molecule has 0 aliphatic carbocycles. The molecule has 33 heavy (non-hydrogen) atoms. The lowest BCUT2D eigenvalue weighted by Crippen LogP contribution is -2.36. The van der Waals surface area contributed by atoms with Gasteiger partial charge < -0.3 is 14.8 Å². The largest absolute Gasteiger partial charge is 0.497 e. The number of halogens is 1. The molecular weight excluding hydrogens is 464 g/mol. The third-order valence-electron chi connectivity index (χ3n) is 4.74. The van der Waals surface area contributed by atoms with Gasteiger partial charge in [-0.25, -0.2) is 8.42 Å². The molecule has 1 amide bonds. The Morgan fingerprint density at radius 2 is 1.64 bits per heavy atom. The quantitative estimate of drug-likeness (QED) is 0.457. The van der Waals surface area contributed by atoms with E-state index in [-0.39, 0.29) is 34.2 Å². The van der Waals surface area contributed by atoms with E-state index in [2.05, 4.69) is 10.0 Å². The fraction of sp³-hybridized carbons (Fsp3) is 0.208. The van der Waals surface area contributed by atoms with Crippen molar-refractivity contribution in [3.63, 3.8) is 0 Å². The third kappa shape index (κ3) is 6.63. The lowest BCUT2D eigenvalue weighted by molar-refractivity contribution is 0.0926. The Morgan fingerprint density at radius 3 is 2.24 bits per heavy atom. The molecule has 0 heterocycles. The standard InChI is InChI=1S/C24H25ClN2O5S/c1-16-4-11-21(12-5-16)33(29,30)27-23-13-6-18(14-22(23)25)24(28)26-17(2)15-32-20-9-7-19(31-3)8-10-20/h4-14,17,27H,15H2,1-3H3,(H,26,28)/t17-/m0/s1. The van der Waals surface area contributed by atoms with Crippen molar-refractivity contribution >= 4 is 33.2 Å². The second-order valence-electron chi connectivity index (χ2n) is 7.47. The van der Waals surface area contributed by atoms with Crippen molar-refractivity contribution < 1.29 is 22.7 Å². The number of hydrogen-bond acceptors (Lipinski definition) is 5. The minimum Gasteiger partial charge on any atom is -0.497 e. The molecular formula is C24H25ClN2O5S. The number of amides is 1. The predicted molar refractivity (Wildman–Crippen MR) is 129 cm³/mol. The number of anilines is 1. The van der Waals surface area contributed by atoms with Gasteiger partial charge in [0.15, 0.2) is 0 Å². The van der Waals surface area contributed by atoms with Crippen LogP contribution in [0, 0.1) is 6.92 Å². The monoisotopic (exact) mass is 488 g/mol. The van der Waals surface area contributed by atoms with Gasteiger partial charge in [-0.05, 0) is 68.4 Å². The average Bonchev–Trinajstić information content (AvgIpc) is 2.79. The Balaban J connectivity index is 1.60. The zero-order valence-corrected chi connectivity index (χ0v) is 20.0. The van der Waals surface area contributed by atoms with E-state index in [1.165, 1.54) is 30.3 Å². The molecule has 3 rings (SSSR count). The molecule has 0 bridgehead atoms. The van der Waals surface area contributed by atoms with Crippen LogP contribution in [0.15, 0.2) is 71.6 Å². The summed E-state index contributed by atoms with van der Waals surface area (Å²) in [4.78, 5) is 12.7. The molecule has 0 saturated carbocycles. The molecule has 0 aliphatic rings. The topological polar surface area (TPSA) is 93.7 Å². The minimum atomic E-state index is -3.80. The zero-order valence-electron chi connectivity index (χ0n) is 18.5. The van der Waals surface area contributed by atoms with Crippen molar-refractivity contribution in [3.8, 4) is 11.5 Å². The molecule has 174 valence electrons. The van der Waals surface area contributed by atoms with Crippen molar-refractivity contribution in [3.05, 3.63) is 82.9 Å². The molecule has 7 nitrogen and oxygen atoms in total. The molecule has 9 heteroatoms. The van der Waals surface area contributed by atoms with E-state index in [0.717, 1.165) is 11.3 Å². The molecule has 3 aromatic rings. The van der Waals surface area contributed by atoms with Gasteiger partial charge in [0.25, 0.3) is 15.9 Å². The van der Waals surface area contributed by atoms with Crippen LogP contribution in [0.25, 0.3) is 0 Å². The molecule has 2 N–H and O–H groups in total. The van der Waals surface area contributed by atoms with Gasteiger partial charge in [0.1, 0.15) is 18.1 Å². The Kier molecular flexibility index (Phi) is 7.84. The SMILES string of the molecule is COc1ccc(OC[C@H](C)NC(=O)c2ccc(NS(=O)(=O)c3ccc(C)cc3)c(Cl)c2)cc1. The van der Waals surface area contributed by atoms with Gasteiger partial charge in [-0.2, -0.15) is 0 Å². The Hall–Kier alpha value is -3.23. The van der Waals surface area contributed by atoms with E-state index in [4.69, 9.17) is 21.1 Å². The number of carbonyl (C=O) groups excluding carboxylic acids is 1. The highest BCUT2D eigenvalue weighted by Crippen LogP contribution is 2.26. The van der Waals surface area contributed by atoms with E-state index >= 15 is 0 Å². The number of sulfonamides is 1. The summed E-state index contributed by atoms with van der Waals surface area (Å²) in [5.74, 6) is 1.03. The Morgan fingerprint density at radius 1 is 1.00 bits per heavy atom. The van der Waals surface area contributed by atoms with Crippen LogP contribution in [0.2, 0.25) is 5.02 Å². The summed E-state index contributed by atoms with van der Waals surface area (Å²) < 4.78 is 38.4.